The standard InChI is InChI=1S/C16H20N2O2S/c1-3-11-9-20-7-6-18(11)16(19)15-14(17)12-8-10(2)4-5-13(12)21-15/h4-5,8,11H,3,6-7,9,17H2,1-2H3. The Morgan fingerprint density at radius 2 is 2.33 bits per heavy atom. The monoisotopic (exact) mass is 304 g/mol. The Labute approximate surface area is 128 Å². The van der Waals surface area contributed by atoms with Crippen molar-refractivity contribution in [3.05, 3.63) is 28.6 Å². The van der Waals surface area contributed by atoms with Gasteiger partial charge >= 0.3 is 0 Å². The SMILES string of the molecule is CCC1COCCN1C(=O)c1sc2ccc(C)cc2c1N. The second-order valence-corrected chi connectivity index (χ2v) is 6.53. The highest BCUT2D eigenvalue weighted by molar-refractivity contribution is 7.21. The number of benzene rings is 1. The number of fused-ring (bicyclic) bond motifs is 1. The Morgan fingerprint density at radius 3 is 3.10 bits per heavy atom. The molecule has 1 aliphatic heterocycles. The maximum absolute atomic E-state index is 12.8. The first kappa shape index (κ1) is 14.4. The number of amides is 1. The molecule has 4 nitrogen and oxygen atoms in total. The van der Waals surface area contributed by atoms with Crippen molar-refractivity contribution in [1.82, 2.24) is 4.90 Å². The average molecular weight is 304 g/mol. The van der Waals surface area contributed by atoms with Gasteiger partial charge in [-0.25, -0.2) is 0 Å². The number of thiophene rings is 1. The lowest BCUT2D eigenvalue weighted by molar-refractivity contribution is -0.00248. The van der Waals surface area contributed by atoms with E-state index in [4.69, 9.17) is 10.5 Å². The first-order chi connectivity index (χ1) is 10.1. The average Bonchev–Trinajstić information content (AvgIpc) is 2.83. The first-order valence-corrected chi connectivity index (χ1v) is 8.10. The molecule has 1 fully saturated rings. The number of anilines is 1. The van der Waals surface area contributed by atoms with Crippen LogP contribution in [0.2, 0.25) is 0 Å². The molecule has 2 heterocycles. The zero-order valence-electron chi connectivity index (χ0n) is 12.4. The summed E-state index contributed by atoms with van der Waals surface area (Å²) in [5.41, 5.74) is 8.01. The molecular formula is C16H20N2O2S. The fourth-order valence-electron chi connectivity index (χ4n) is 2.78. The van der Waals surface area contributed by atoms with Crippen molar-refractivity contribution >= 4 is 33.0 Å². The Morgan fingerprint density at radius 1 is 1.52 bits per heavy atom. The molecule has 0 spiro atoms. The minimum absolute atomic E-state index is 0.0431. The third kappa shape index (κ3) is 2.51. The molecule has 1 aliphatic rings. The van der Waals surface area contributed by atoms with Gasteiger partial charge in [0.05, 0.1) is 24.9 Å². The summed E-state index contributed by atoms with van der Waals surface area (Å²) in [6.45, 7) is 5.98. The molecule has 2 aromatic rings. The summed E-state index contributed by atoms with van der Waals surface area (Å²) in [6.07, 6.45) is 0.898. The predicted molar refractivity (Wildman–Crippen MR) is 86.9 cm³/mol. The highest BCUT2D eigenvalue weighted by Crippen LogP contribution is 2.35. The summed E-state index contributed by atoms with van der Waals surface area (Å²) in [7, 11) is 0. The van der Waals surface area contributed by atoms with Crippen molar-refractivity contribution in [2.45, 2.75) is 26.3 Å². The van der Waals surface area contributed by atoms with Crippen molar-refractivity contribution in [2.24, 2.45) is 0 Å². The third-order valence-electron chi connectivity index (χ3n) is 4.04. The van der Waals surface area contributed by atoms with Crippen molar-refractivity contribution in [3.63, 3.8) is 0 Å². The fourth-order valence-corrected chi connectivity index (χ4v) is 3.84. The number of rotatable bonds is 2. The lowest BCUT2D eigenvalue weighted by atomic mass is 10.1. The van der Waals surface area contributed by atoms with E-state index in [1.165, 1.54) is 11.3 Å². The van der Waals surface area contributed by atoms with Crippen LogP contribution >= 0.6 is 11.3 Å². The molecule has 1 unspecified atom stereocenters. The third-order valence-corrected chi connectivity index (χ3v) is 5.21. The molecule has 1 saturated heterocycles. The smallest absolute Gasteiger partial charge is 0.266 e. The van der Waals surface area contributed by atoms with E-state index in [0.717, 1.165) is 22.1 Å². The number of morpholine rings is 1. The Bertz CT molecular complexity index is 680. The van der Waals surface area contributed by atoms with E-state index in [0.29, 0.717) is 30.3 Å². The molecule has 1 aromatic heterocycles. The Balaban J connectivity index is 1.99. The van der Waals surface area contributed by atoms with Gasteiger partial charge in [0.1, 0.15) is 4.88 Å². The number of aryl methyl sites for hydroxylation is 1. The maximum Gasteiger partial charge on any atom is 0.266 e. The molecule has 1 amide bonds. The van der Waals surface area contributed by atoms with Gasteiger partial charge in [-0.3, -0.25) is 4.79 Å². The van der Waals surface area contributed by atoms with Gasteiger partial charge in [-0.1, -0.05) is 18.6 Å². The predicted octanol–water partition coefficient (Wildman–Crippen LogP) is 3.04. The lowest BCUT2D eigenvalue weighted by Crippen LogP contribution is -2.48. The van der Waals surface area contributed by atoms with E-state index >= 15 is 0 Å². The van der Waals surface area contributed by atoms with Crippen LogP contribution in [0.3, 0.4) is 0 Å². The maximum atomic E-state index is 12.8. The van der Waals surface area contributed by atoms with E-state index in [-0.39, 0.29) is 11.9 Å². The van der Waals surface area contributed by atoms with E-state index in [1.807, 2.05) is 17.9 Å². The first-order valence-electron chi connectivity index (χ1n) is 7.29. The van der Waals surface area contributed by atoms with Gasteiger partial charge in [0.15, 0.2) is 0 Å². The van der Waals surface area contributed by atoms with E-state index in [2.05, 4.69) is 19.1 Å². The number of nitrogens with zero attached hydrogens (tertiary/aromatic N) is 1. The van der Waals surface area contributed by atoms with E-state index in [9.17, 15) is 4.79 Å². The molecule has 21 heavy (non-hydrogen) atoms. The van der Waals surface area contributed by atoms with Crippen LogP contribution in [0.1, 0.15) is 28.6 Å². The van der Waals surface area contributed by atoms with Gasteiger partial charge in [-0.15, -0.1) is 11.3 Å². The topological polar surface area (TPSA) is 55.6 Å². The molecule has 1 aromatic carbocycles. The summed E-state index contributed by atoms with van der Waals surface area (Å²) in [4.78, 5) is 15.4. The van der Waals surface area contributed by atoms with Gasteiger partial charge in [-0.2, -0.15) is 0 Å². The summed E-state index contributed by atoms with van der Waals surface area (Å²) in [5, 5.41) is 0.990. The number of hydrogen-bond donors (Lipinski definition) is 1. The van der Waals surface area contributed by atoms with Crippen LogP contribution in [-0.2, 0) is 4.74 Å². The van der Waals surface area contributed by atoms with E-state index in [1.54, 1.807) is 0 Å². The highest BCUT2D eigenvalue weighted by atomic mass is 32.1. The quantitative estimate of drug-likeness (QED) is 0.928. The number of carbonyl (C=O) groups excluding carboxylic acids is 1. The van der Waals surface area contributed by atoms with Crippen molar-refractivity contribution in [1.29, 1.82) is 0 Å². The number of carbonyl (C=O) groups is 1. The van der Waals surface area contributed by atoms with E-state index < -0.39 is 0 Å². The van der Waals surface area contributed by atoms with Gasteiger partial charge in [0.25, 0.3) is 5.91 Å². The molecule has 2 N–H and O–H groups in total. The Kier molecular flexibility index (Phi) is 3.87. The van der Waals surface area contributed by atoms with Gasteiger partial charge in [0.2, 0.25) is 0 Å². The van der Waals surface area contributed by atoms with Crippen molar-refractivity contribution in [3.8, 4) is 0 Å². The molecule has 3 rings (SSSR count). The summed E-state index contributed by atoms with van der Waals surface area (Å²) >= 11 is 1.49. The van der Waals surface area contributed by atoms with Gasteiger partial charge in [0, 0.05) is 16.6 Å². The molecular weight excluding hydrogens is 284 g/mol. The van der Waals surface area contributed by atoms with Crippen LogP contribution in [-0.4, -0.2) is 36.6 Å². The van der Waals surface area contributed by atoms with Crippen LogP contribution < -0.4 is 5.73 Å². The molecule has 1 atom stereocenters. The van der Waals surface area contributed by atoms with Gasteiger partial charge in [-0.05, 0) is 25.5 Å². The Hall–Kier alpha value is -1.59. The minimum atomic E-state index is 0.0431. The molecule has 112 valence electrons. The van der Waals surface area contributed by atoms with Crippen molar-refractivity contribution < 1.29 is 9.53 Å². The van der Waals surface area contributed by atoms with Crippen LogP contribution in [0.25, 0.3) is 10.1 Å². The zero-order valence-corrected chi connectivity index (χ0v) is 13.2. The number of ether oxygens (including phenoxy) is 1. The second kappa shape index (κ2) is 5.66. The summed E-state index contributed by atoms with van der Waals surface area (Å²) in [6, 6.07) is 6.29. The number of nitrogen functional groups attached to an aromatic ring is 1. The normalized spacial score (nSPS) is 19.1. The van der Waals surface area contributed by atoms with Crippen LogP contribution in [0.4, 0.5) is 5.69 Å². The zero-order chi connectivity index (χ0) is 15.0. The van der Waals surface area contributed by atoms with Crippen molar-refractivity contribution in [2.75, 3.05) is 25.5 Å². The molecule has 0 saturated carbocycles. The minimum Gasteiger partial charge on any atom is -0.397 e. The summed E-state index contributed by atoms with van der Waals surface area (Å²) in [5.74, 6) is 0.0431. The molecule has 0 aliphatic carbocycles. The number of hydrogen-bond acceptors (Lipinski definition) is 4. The number of nitrogens with two attached hydrogens (primary N) is 1. The van der Waals surface area contributed by atoms with Crippen LogP contribution in [0.15, 0.2) is 18.2 Å². The second-order valence-electron chi connectivity index (χ2n) is 5.48. The van der Waals surface area contributed by atoms with Gasteiger partial charge < -0.3 is 15.4 Å². The molecule has 0 bridgehead atoms. The van der Waals surface area contributed by atoms with Crippen LogP contribution in [0, 0.1) is 6.92 Å². The largest absolute Gasteiger partial charge is 0.397 e. The molecule has 5 heteroatoms. The lowest BCUT2D eigenvalue weighted by Gasteiger charge is -2.34. The highest BCUT2D eigenvalue weighted by Gasteiger charge is 2.29. The molecule has 0 radical (unpaired) electrons. The summed E-state index contributed by atoms with van der Waals surface area (Å²) < 4.78 is 6.54. The van der Waals surface area contributed by atoms with Crippen LogP contribution in [0.5, 0.6) is 0 Å². The fraction of sp³-hybridized carbons (Fsp3) is 0.438.